The molecule has 1 aliphatic carbocycles. The van der Waals surface area contributed by atoms with Crippen molar-refractivity contribution < 1.29 is 29.0 Å². The lowest BCUT2D eigenvalue weighted by Crippen LogP contribution is -2.51. The van der Waals surface area contributed by atoms with E-state index >= 15 is 0 Å². The number of hydrogen-bond acceptors (Lipinski definition) is 6. The molecule has 218 valence electrons. The summed E-state index contributed by atoms with van der Waals surface area (Å²) in [6.45, 7) is 0.968. The third kappa shape index (κ3) is 6.44. The Bertz CT molecular complexity index is 1200. The molecule has 2 unspecified atom stereocenters. The highest BCUT2D eigenvalue weighted by Crippen LogP contribution is 2.36. The number of benzene rings is 1. The van der Waals surface area contributed by atoms with Gasteiger partial charge in [-0.2, -0.15) is 0 Å². The standard InChI is InChI=1S/C30H42N4O6/c1-39-26-9-5-8-23-22(26)16-25(32-23)29(38)33-24(14-19-6-3-2-4-7-19)28(37)31-21(18-35)15-20-17-30(34-27(20)36)10-12-40-13-11-30/h5,8-9,16,19-21,24,32,35H,2-4,6-7,10-15,17-18H2,1H3,(H,31,37)(H,33,38)(H,34,36)/t20?,21?,24-/m0/s1. The monoisotopic (exact) mass is 554 g/mol. The summed E-state index contributed by atoms with van der Waals surface area (Å²) in [6.07, 6.45) is 8.61. The minimum Gasteiger partial charge on any atom is -0.496 e. The van der Waals surface area contributed by atoms with E-state index in [1.807, 2.05) is 18.2 Å². The molecule has 0 bridgehead atoms. The van der Waals surface area contributed by atoms with Crippen LogP contribution in [0.1, 0.15) is 74.7 Å². The van der Waals surface area contributed by atoms with E-state index in [1.165, 1.54) is 6.42 Å². The third-order valence-corrected chi connectivity index (χ3v) is 8.99. The van der Waals surface area contributed by atoms with Gasteiger partial charge in [0.05, 0.1) is 19.8 Å². The van der Waals surface area contributed by atoms with Crippen molar-refractivity contribution in [3.8, 4) is 5.75 Å². The minimum atomic E-state index is -0.753. The number of ether oxygens (including phenoxy) is 2. The number of rotatable bonds is 10. The number of aliphatic hydroxyl groups excluding tert-OH is 1. The van der Waals surface area contributed by atoms with Gasteiger partial charge in [0.1, 0.15) is 17.5 Å². The van der Waals surface area contributed by atoms with Crippen LogP contribution in [0, 0.1) is 11.8 Å². The molecule has 3 amide bonds. The summed E-state index contributed by atoms with van der Waals surface area (Å²) in [7, 11) is 1.59. The predicted molar refractivity (Wildman–Crippen MR) is 150 cm³/mol. The van der Waals surface area contributed by atoms with Crippen molar-refractivity contribution in [2.75, 3.05) is 26.9 Å². The van der Waals surface area contributed by atoms with Crippen LogP contribution in [-0.4, -0.2) is 72.4 Å². The molecule has 10 heteroatoms. The second-order valence-electron chi connectivity index (χ2n) is 11.8. The van der Waals surface area contributed by atoms with E-state index < -0.39 is 12.1 Å². The second kappa shape index (κ2) is 12.6. The Morgan fingerprint density at radius 1 is 1.15 bits per heavy atom. The van der Waals surface area contributed by atoms with Crippen molar-refractivity contribution in [2.24, 2.45) is 11.8 Å². The summed E-state index contributed by atoms with van der Waals surface area (Å²) >= 11 is 0. The molecular formula is C30H42N4O6. The Hall–Kier alpha value is -3.11. The first-order valence-electron chi connectivity index (χ1n) is 14.7. The molecule has 3 atom stereocenters. The van der Waals surface area contributed by atoms with E-state index in [9.17, 15) is 19.5 Å². The molecule has 5 N–H and O–H groups in total. The topological polar surface area (TPSA) is 142 Å². The fourth-order valence-electron chi connectivity index (χ4n) is 6.74. The van der Waals surface area contributed by atoms with Gasteiger partial charge in [-0.1, -0.05) is 38.2 Å². The molecule has 2 aromatic rings. The number of hydrogen-bond donors (Lipinski definition) is 5. The Kier molecular flexibility index (Phi) is 8.95. The third-order valence-electron chi connectivity index (χ3n) is 8.99. The van der Waals surface area contributed by atoms with Gasteiger partial charge in [-0.05, 0) is 56.2 Å². The van der Waals surface area contributed by atoms with Crippen molar-refractivity contribution in [1.29, 1.82) is 0 Å². The Labute approximate surface area is 234 Å². The average Bonchev–Trinajstić information content (AvgIpc) is 3.53. The van der Waals surface area contributed by atoms with Crippen molar-refractivity contribution in [2.45, 2.75) is 81.8 Å². The zero-order chi connectivity index (χ0) is 28.1. The SMILES string of the molecule is COc1cccc2[nH]c(C(=O)N[C@@H](CC3CCCCC3)C(=O)NC(CO)CC3CC4(CCOCC4)NC3=O)cc12. The van der Waals surface area contributed by atoms with Crippen molar-refractivity contribution in [3.05, 3.63) is 30.0 Å². The molecule has 3 aliphatic rings. The minimum absolute atomic E-state index is 0.0316. The number of carbonyl (C=O) groups excluding carboxylic acids is 3. The molecule has 5 rings (SSSR count). The number of carbonyl (C=O) groups is 3. The van der Waals surface area contributed by atoms with E-state index in [0.717, 1.165) is 49.4 Å². The fourth-order valence-corrected chi connectivity index (χ4v) is 6.74. The van der Waals surface area contributed by atoms with E-state index in [4.69, 9.17) is 9.47 Å². The number of H-pyrrole nitrogens is 1. The van der Waals surface area contributed by atoms with Gasteiger partial charge in [0, 0.05) is 35.6 Å². The summed E-state index contributed by atoms with van der Waals surface area (Å²) in [4.78, 5) is 42.9. The highest BCUT2D eigenvalue weighted by molar-refractivity contribution is 6.01. The first-order chi connectivity index (χ1) is 19.4. The van der Waals surface area contributed by atoms with E-state index in [-0.39, 0.29) is 35.8 Å². The van der Waals surface area contributed by atoms with Crippen LogP contribution in [0.2, 0.25) is 0 Å². The lowest BCUT2D eigenvalue weighted by atomic mass is 9.83. The highest BCUT2D eigenvalue weighted by Gasteiger charge is 2.45. The number of aromatic amines is 1. The summed E-state index contributed by atoms with van der Waals surface area (Å²) in [5.41, 5.74) is 0.878. The van der Waals surface area contributed by atoms with Crippen LogP contribution in [-0.2, 0) is 14.3 Å². The number of amides is 3. The second-order valence-corrected chi connectivity index (χ2v) is 11.8. The largest absolute Gasteiger partial charge is 0.496 e. The molecule has 1 aromatic heterocycles. The molecule has 10 nitrogen and oxygen atoms in total. The Balaban J connectivity index is 1.27. The van der Waals surface area contributed by atoms with Crippen LogP contribution in [0.5, 0.6) is 5.75 Å². The Morgan fingerprint density at radius 2 is 1.93 bits per heavy atom. The van der Waals surface area contributed by atoms with E-state index in [2.05, 4.69) is 20.9 Å². The lowest BCUT2D eigenvalue weighted by molar-refractivity contribution is -0.126. The van der Waals surface area contributed by atoms with E-state index in [0.29, 0.717) is 49.8 Å². The molecule has 1 saturated carbocycles. The summed E-state index contributed by atoms with van der Waals surface area (Å²) in [5.74, 6) is -0.0147. The molecular weight excluding hydrogens is 512 g/mol. The smallest absolute Gasteiger partial charge is 0.268 e. The van der Waals surface area contributed by atoms with Gasteiger partial charge >= 0.3 is 0 Å². The van der Waals surface area contributed by atoms with Crippen LogP contribution in [0.4, 0.5) is 0 Å². The number of aromatic nitrogens is 1. The van der Waals surface area contributed by atoms with Crippen LogP contribution >= 0.6 is 0 Å². The average molecular weight is 555 g/mol. The first kappa shape index (κ1) is 28.4. The van der Waals surface area contributed by atoms with Crippen LogP contribution in [0.25, 0.3) is 10.9 Å². The maximum absolute atomic E-state index is 13.6. The van der Waals surface area contributed by atoms with Crippen molar-refractivity contribution >= 4 is 28.6 Å². The molecule has 2 saturated heterocycles. The number of nitrogens with one attached hydrogen (secondary N) is 4. The van der Waals surface area contributed by atoms with Gasteiger partial charge in [-0.3, -0.25) is 14.4 Å². The van der Waals surface area contributed by atoms with Gasteiger partial charge in [-0.25, -0.2) is 0 Å². The van der Waals surface area contributed by atoms with Crippen LogP contribution in [0.15, 0.2) is 24.3 Å². The molecule has 0 radical (unpaired) electrons. The van der Waals surface area contributed by atoms with Crippen LogP contribution < -0.4 is 20.7 Å². The van der Waals surface area contributed by atoms with Crippen LogP contribution in [0.3, 0.4) is 0 Å². The molecule has 40 heavy (non-hydrogen) atoms. The van der Waals surface area contributed by atoms with Gasteiger partial charge < -0.3 is 35.5 Å². The fraction of sp³-hybridized carbons (Fsp3) is 0.633. The molecule has 2 aliphatic heterocycles. The van der Waals surface area contributed by atoms with Gasteiger partial charge in [0.15, 0.2) is 0 Å². The lowest BCUT2D eigenvalue weighted by Gasteiger charge is -2.33. The van der Waals surface area contributed by atoms with Crippen molar-refractivity contribution in [3.63, 3.8) is 0 Å². The zero-order valence-corrected chi connectivity index (χ0v) is 23.3. The molecule has 3 heterocycles. The normalized spacial score (nSPS) is 22.6. The van der Waals surface area contributed by atoms with Gasteiger partial charge in [0.25, 0.3) is 5.91 Å². The summed E-state index contributed by atoms with van der Waals surface area (Å²) in [6, 6.07) is 5.96. The summed E-state index contributed by atoms with van der Waals surface area (Å²) < 4.78 is 10.9. The highest BCUT2D eigenvalue weighted by atomic mass is 16.5. The Morgan fingerprint density at radius 3 is 2.65 bits per heavy atom. The molecule has 1 aromatic carbocycles. The number of fused-ring (bicyclic) bond motifs is 1. The van der Waals surface area contributed by atoms with Gasteiger partial charge in [-0.15, -0.1) is 0 Å². The number of methoxy groups -OCH3 is 1. The summed E-state index contributed by atoms with van der Waals surface area (Å²) in [5, 5.41) is 20.0. The molecule has 3 fully saturated rings. The van der Waals surface area contributed by atoms with E-state index in [1.54, 1.807) is 13.2 Å². The van der Waals surface area contributed by atoms with Gasteiger partial charge in [0.2, 0.25) is 11.8 Å². The maximum Gasteiger partial charge on any atom is 0.268 e. The molecule has 1 spiro atoms. The van der Waals surface area contributed by atoms with Crippen molar-refractivity contribution in [1.82, 2.24) is 20.9 Å². The maximum atomic E-state index is 13.6. The zero-order valence-electron chi connectivity index (χ0n) is 23.3. The first-order valence-corrected chi connectivity index (χ1v) is 14.7. The quantitative estimate of drug-likeness (QED) is 0.306. The predicted octanol–water partition coefficient (Wildman–Crippen LogP) is 2.80. The number of aliphatic hydroxyl groups is 1.